The lowest BCUT2D eigenvalue weighted by Crippen LogP contribution is -1.91. The molecule has 0 radical (unpaired) electrons. The molecule has 2 rings (SSSR count). The molecule has 0 nitrogen and oxygen atoms in total. The average Bonchev–Trinajstić information content (AvgIpc) is 2.29. The molecule has 0 N–H and O–H groups in total. The van der Waals surface area contributed by atoms with E-state index in [9.17, 15) is 0 Å². The van der Waals surface area contributed by atoms with E-state index in [4.69, 9.17) is 0 Å². The van der Waals surface area contributed by atoms with Gasteiger partial charge in [-0.25, -0.2) is 0 Å². The van der Waals surface area contributed by atoms with Crippen molar-refractivity contribution in [1.29, 1.82) is 0 Å². The number of rotatable bonds is 2. The van der Waals surface area contributed by atoms with Gasteiger partial charge >= 0.3 is 0 Å². The van der Waals surface area contributed by atoms with Crippen LogP contribution in [0.15, 0.2) is 43.5 Å². The van der Waals surface area contributed by atoms with E-state index < -0.39 is 0 Å². The highest BCUT2D eigenvalue weighted by atomic mass is 14.1. The monoisotopic (exact) mass is 208 g/mol. The molecule has 0 heteroatoms. The lowest BCUT2D eigenvalue weighted by Gasteiger charge is -2.12. The van der Waals surface area contributed by atoms with Gasteiger partial charge in [0.1, 0.15) is 0 Å². The molecule has 80 valence electrons. The van der Waals surface area contributed by atoms with Gasteiger partial charge in [0.25, 0.3) is 0 Å². The van der Waals surface area contributed by atoms with Crippen molar-refractivity contribution in [3.63, 3.8) is 0 Å². The Hall–Kier alpha value is -1.82. The van der Waals surface area contributed by atoms with Gasteiger partial charge in [0.05, 0.1) is 0 Å². The molecule has 0 spiro atoms. The maximum Gasteiger partial charge on any atom is -0.0148 e. The minimum atomic E-state index is 1.09. The van der Waals surface area contributed by atoms with Crippen LogP contribution in [0.5, 0.6) is 0 Å². The lowest BCUT2D eigenvalue weighted by molar-refractivity contribution is 1.46. The van der Waals surface area contributed by atoms with Gasteiger partial charge in [-0.3, -0.25) is 0 Å². The fourth-order valence-corrected chi connectivity index (χ4v) is 2.16. The van der Waals surface area contributed by atoms with Crippen LogP contribution in [0, 0.1) is 6.92 Å². The standard InChI is InChI=1S/C16H16/c1-5-14-12(4)15-9-7-6-8-13(15)10-16(14)11(2)3/h5-10H,1-2H2,3-4H3. The summed E-state index contributed by atoms with van der Waals surface area (Å²) in [6, 6.07) is 10.6. The fraction of sp³-hybridized carbons (Fsp3) is 0.125. The quantitative estimate of drug-likeness (QED) is 0.663. The number of hydrogen-bond acceptors (Lipinski definition) is 0. The second kappa shape index (κ2) is 3.97. The Morgan fingerprint density at radius 1 is 1.25 bits per heavy atom. The van der Waals surface area contributed by atoms with E-state index in [2.05, 4.69) is 50.4 Å². The smallest absolute Gasteiger partial charge is 0.0148 e. The van der Waals surface area contributed by atoms with Gasteiger partial charge in [-0.05, 0) is 47.4 Å². The van der Waals surface area contributed by atoms with E-state index >= 15 is 0 Å². The van der Waals surface area contributed by atoms with Crippen molar-refractivity contribution in [2.45, 2.75) is 13.8 Å². The first-order valence-corrected chi connectivity index (χ1v) is 5.46. The third-order valence-electron chi connectivity index (χ3n) is 3.02. The van der Waals surface area contributed by atoms with Gasteiger partial charge in [0.15, 0.2) is 0 Å². The Bertz CT molecular complexity index is 574. The molecule has 2 aromatic rings. The molecule has 0 atom stereocenters. The van der Waals surface area contributed by atoms with Crippen LogP contribution in [-0.2, 0) is 0 Å². The van der Waals surface area contributed by atoms with Crippen molar-refractivity contribution in [2.24, 2.45) is 0 Å². The van der Waals surface area contributed by atoms with Crippen molar-refractivity contribution in [2.75, 3.05) is 0 Å². The first-order chi connectivity index (χ1) is 7.65. The summed E-state index contributed by atoms with van der Waals surface area (Å²) in [5.41, 5.74) is 4.77. The van der Waals surface area contributed by atoms with Gasteiger partial charge in [-0.1, -0.05) is 49.1 Å². The largest absolute Gasteiger partial charge is 0.0984 e. The summed E-state index contributed by atoms with van der Waals surface area (Å²) in [6.07, 6.45) is 1.92. The Kier molecular flexibility index (Phi) is 2.66. The van der Waals surface area contributed by atoms with Crippen molar-refractivity contribution in [3.8, 4) is 0 Å². The molecule has 0 saturated carbocycles. The molecule has 2 aromatic carbocycles. The van der Waals surface area contributed by atoms with Gasteiger partial charge in [-0.2, -0.15) is 0 Å². The van der Waals surface area contributed by atoms with Crippen LogP contribution in [0.25, 0.3) is 22.4 Å². The number of benzene rings is 2. The zero-order valence-electron chi connectivity index (χ0n) is 9.88. The summed E-state index contributed by atoms with van der Waals surface area (Å²) in [7, 11) is 0. The molecular weight excluding hydrogens is 192 g/mol. The Morgan fingerprint density at radius 2 is 1.94 bits per heavy atom. The Morgan fingerprint density at radius 3 is 2.56 bits per heavy atom. The van der Waals surface area contributed by atoms with E-state index in [1.54, 1.807) is 0 Å². The molecule has 0 amide bonds. The summed E-state index contributed by atoms with van der Waals surface area (Å²) < 4.78 is 0. The van der Waals surface area contributed by atoms with E-state index in [1.807, 2.05) is 13.0 Å². The third kappa shape index (κ3) is 1.57. The minimum absolute atomic E-state index is 1.09. The summed E-state index contributed by atoms with van der Waals surface area (Å²) in [4.78, 5) is 0. The van der Waals surface area contributed by atoms with Crippen molar-refractivity contribution >= 4 is 22.4 Å². The molecule has 0 bridgehead atoms. The molecular formula is C16H16. The zero-order valence-corrected chi connectivity index (χ0v) is 9.88. The molecule has 0 aromatic heterocycles. The van der Waals surface area contributed by atoms with E-state index in [1.165, 1.54) is 27.5 Å². The maximum absolute atomic E-state index is 4.03. The van der Waals surface area contributed by atoms with Crippen molar-refractivity contribution in [3.05, 3.63) is 60.2 Å². The van der Waals surface area contributed by atoms with Gasteiger partial charge in [-0.15, -0.1) is 0 Å². The van der Waals surface area contributed by atoms with Gasteiger partial charge in [0, 0.05) is 0 Å². The Labute approximate surface area is 96.9 Å². The number of hydrogen-bond donors (Lipinski definition) is 0. The van der Waals surface area contributed by atoms with E-state index in [0.29, 0.717) is 0 Å². The van der Waals surface area contributed by atoms with Crippen LogP contribution in [0.4, 0.5) is 0 Å². The second-order valence-corrected chi connectivity index (χ2v) is 4.17. The van der Waals surface area contributed by atoms with Crippen LogP contribution in [0.1, 0.15) is 23.6 Å². The molecule has 0 saturated heterocycles. The first-order valence-electron chi connectivity index (χ1n) is 5.46. The summed E-state index contributed by atoms with van der Waals surface area (Å²) in [6.45, 7) is 12.1. The average molecular weight is 208 g/mol. The van der Waals surface area contributed by atoms with E-state index in [-0.39, 0.29) is 0 Å². The molecule has 16 heavy (non-hydrogen) atoms. The van der Waals surface area contributed by atoms with Crippen LogP contribution >= 0.6 is 0 Å². The van der Waals surface area contributed by atoms with Crippen LogP contribution in [-0.4, -0.2) is 0 Å². The highest BCUT2D eigenvalue weighted by molar-refractivity contribution is 5.93. The van der Waals surface area contributed by atoms with Crippen molar-refractivity contribution in [1.82, 2.24) is 0 Å². The molecule has 0 aliphatic rings. The lowest BCUT2D eigenvalue weighted by atomic mass is 9.92. The molecule has 0 unspecified atom stereocenters. The number of aryl methyl sites for hydroxylation is 1. The zero-order chi connectivity index (χ0) is 11.7. The maximum atomic E-state index is 4.03. The third-order valence-corrected chi connectivity index (χ3v) is 3.02. The number of allylic oxidation sites excluding steroid dienone is 1. The van der Waals surface area contributed by atoms with Gasteiger partial charge in [0.2, 0.25) is 0 Å². The Balaban J connectivity index is 2.92. The normalized spacial score (nSPS) is 10.4. The van der Waals surface area contributed by atoms with Crippen molar-refractivity contribution < 1.29 is 0 Å². The summed E-state index contributed by atoms with van der Waals surface area (Å²) >= 11 is 0. The van der Waals surface area contributed by atoms with Crippen LogP contribution in [0.3, 0.4) is 0 Å². The van der Waals surface area contributed by atoms with Crippen LogP contribution < -0.4 is 0 Å². The second-order valence-electron chi connectivity index (χ2n) is 4.17. The first kappa shape index (κ1) is 10.7. The van der Waals surface area contributed by atoms with Gasteiger partial charge < -0.3 is 0 Å². The predicted molar refractivity (Wildman–Crippen MR) is 73.5 cm³/mol. The predicted octanol–water partition coefficient (Wildman–Crippen LogP) is 4.82. The fourth-order valence-electron chi connectivity index (χ4n) is 2.16. The molecule has 0 heterocycles. The molecule has 0 aliphatic carbocycles. The highest BCUT2D eigenvalue weighted by Crippen LogP contribution is 2.29. The molecule has 0 aliphatic heterocycles. The number of fused-ring (bicyclic) bond motifs is 1. The SMILES string of the molecule is C=Cc1c(C(=C)C)cc2ccccc2c1C. The minimum Gasteiger partial charge on any atom is -0.0984 e. The molecule has 0 fully saturated rings. The summed E-state index contributed by atoms with van der Waals surface area (Å²) in [5.74, 6) is 0. The highest BCUT2D eigenvalue weighted by Gasteiger charge is 2.07. The summed E-state index contributed by atoms with van der Waals surface area (Å²) in [5, 5.41) is 2.56. The van der Waals surface area contributed by atoms with Crippen LogP contribution in [0.2, 0.25) is 0 Å². The topological polar surface area (TPSA) is 0 Å². The van der Waals surface area contributed by atoms with E-state index in [0.717, 1.165) is 5.57 Å².